The average Bonchev–Trinajstić information content (AvgIpc) is 2.16. The lowest BCUT2D eigenvalue weighted by molar-refractivity contribution is -0.122. The molecule has 0 spiro atoms. The van der Waals surface area contributed by atoms with Crippen LogP contribution < -0.4 is 11.1 Å². The van der Waals surface area contributed by atoms with E-state index in [9.17, 15) is 4.79 Å². The largest absolute Gasteiger partial charge is 0.392 e. The number of thiocarbonyl (C=S) groups is 1. The molecule has 3 nitrogen and oxygen atoms in total. The van der Waals surface area contributed by atoms with Gasteiger partial charge in [-0.1, -0.05) is 45.8 Å². The van der Waals surface area contributed by atoms with E-state index in [4.69, 9.17) is 18.0 Å². The molecule has 0 saturated carbocycles. The van der Waals surface area contributed by atoms with E-state index in [0.717, 1.165) is 19.3 Å². The summed E-state index contributed by atoms with van der Waals surface area (Å²) in [7, 11) is 0. The summed E-state index contributed by atoms with van der Waals surface area (Å²) < 4.78 is 0. The summed E-state index contributed by atoms with van der Waals surface area (Å²) >= 11 is 4.91. The van der Waals surface area contributed by atoms with Crippen LogP contribution in [0.5, 0.6) is 0 Å². The summed E-state index contributed by atoms with van der Waals surface area (Å²) in [5, 5.41) is 2.88. The second-order valence-corrected chi connectivity index (χ2v) is 4.50. The molecular formula is C11H22N2OS. The normalized spacial score (nSPS) is 14.3. The third-order valence-corrected chi connectivity index (χ3v) is 2.77. The molecule has 0 aliphatic carbocycles. The number of amides is 1. The van der Waals surface area contributed by atoms with Gasteiger partial charge in [0.1, 0.15) is 0 Å². The Morgan fingerprint density at radius 2 is 2.07 bits per heavy atom. The van der Waals surface area contributed by atoms with E-state index in [1.807, 2.05) is 6.92 Å². The van der Waals surface area contributed by atoms with Crippen LogP contribution in [0.1, 0.15) is 46.5 Å². The minimum atomic E-state index is -0.137. The van der Waals surface area contributed by atoms with Crippen molar-refractivity contribution in [2.75, 3.05) is 0 Å². The van der Waals surface area contributed by atoms with Crippen molar-refractivity contribution in [2.45, 2.75) is 52.5 Å². The summed E-state index contributed by atoms with van der Waals surface area (Å²) in [4.78, 5) is 12.0. The Balaban J connectivity index is 4.05. The predicted octanol–water partition coefficient (Wildman–Crippen LogP) is 1.99. The Bertz CT molecular complexity index is 219. The molecule has 0 aromatic rings. The number of hydrogen-bond acceptors (Lipinski definition) is 2. The van der Waals surface area contributed by atoms with Gasteiger partial charge in [0.25, 0.3) is 0 Å². The van der Waals surface area contributed by atoms with Gasteiger partial charge in [-0.2, -0.15) is 0 Å². The zero-order valence-corrected chi connectivity index (χ0v) is 10.7. The van der Waals surface area contributed by atoms with Gasteiger partial charge in [0.05, 0.1) is 11.0 Å². The van der Waals surface area contributed by atoms with Crippen molar-refractivity contribution >= 4 is 23.1 Å². The highest BCUT2D eigenvalue weighted by atomic mass is 32.1. The Labute approximate surface area is 97.8 Å². The van der Waals surface area contributed by atoms with Gasteiger partial charge >= 0.3 is 0 Å². The molecule has 0 aliphatic rings. The fourth-order valence-electron chi connectivity index (χ4n) is 1.29. The molecule has 0 saturated heterocycles. The second-order valence-electron chi connectivity index (χ2n) is 4.03. The maximum atomic E-state index is 11.6. The minimum absolute atomic E-state index is 0.0515. The lowest BCUT2D eigenvalue weighted by Crippen LogP contribution is -2.43. The highest BCUT2D eigenvalue weighted by Gasteiger charge is 2.15. The first-order chi connectivity index (χ1) is 7.01. The van der Waals surface area contributed by atoms with Crippen LogP contribution >= 0.6 is 12.2 Å². The molecule has 0 aromatic carbocycles. The summed E-state index contributed by atoms with van der Waals surface area (Å²) in [5.74, 6) is 0.467. The smallest absolute Gasteiger partial charge is 0.220 e. The topological polar surface area (TPSA) is 55.1 Å². The van der Waals surface area contributed by atoms with Gasteiger partial charge in [-0.25, -0.2) is 0 Å². The van der Waals surface area contributed by atoms with Crippen molar-refractivity contribution in [1.82, 2.24) is 5.32 Å². The van der Waals surface area contributed by atoms with E-state index in [2.05, 4.69) is 19.2 Å². The lowest BCUT2D eigenvalue weighted by Gasteiger charge is -2.17. The summed E-state index contributed by atoms with van der Waals surface area (Å²) in [6.07, 6.45) is 3.35. The molecular weight excluding hydrogens is 208 g/mol. The van der Waals surface area contributed by atoms with Gasteiger partial charge in [0.15, 0.2) is 0 Å². The average molecular weight is 230 g/mol. The number of nitrogens with one attached hydrogen (secondary N) is 1. The Kier molecular flexibility index (Phi) is 7.30. The van der Waals surface area contributed by atoms with Crippen LogP contribution in [0.15, 0.2) is 0 Å². The quantitative estimate of drug-likeness (QED) is 0.658. The maximum Gasteiger partial charge on any atom is 0.220 e. The third kappa shape index (κ3) is 6.44. The number of hydrogen-bond donors (Lipinski definition) is 2. The molecule has 0 heterocycles. The van der Waals surface area contributed by atoms with Gasteiger partial charge < -0.3 is 11.1 Å². The number of carbonyl (C=O) groups excluding carboxylic acids is 1. The molecule has 0 aromatic heterocycles. The molecule has 0 fully saturated rings. The zero-order valence-electron chi connectivity index (χ0n) is 9.88. The van der Waals surface area contributed by atoms with Gasteiger partial charge in [-0.05, 0) is 12.3 Å². The lowest BCUT2D eigenvalue weighted by atomic mass is 10.0. The molecule has 4 heteroatoms. The Hall–Kier alpha value is -0.640. The molecule has 0 radical (unpaired) electrons. The summed E-state index contributed by atoms with van der Waals surface area (Å²) in [6, 6.07) is -0.137. The van der Waals surface area contributed by atoms with Crippen molar-refractivity contribution in [3.8, 4) is 0 Å². The van der Waals surface area contributed by atoms with Gasteiger partial charge in [-0.3, -0.25) is 4.79 Å². The first-order valence-electron chi connectivity index (χ1n) is 5.59. The third-order valence-electron chi connectivity index (χ3n) is 2.49. The van der Waals surface area contributed by atoms with Crippen LogP contribution in [0.25, 0.3) is 0 Å². The van der Waals surface area contributed by atoms with E-state index in [-0.39, 0.29) is 11.9 Å². The first-order valence-corrected chi connectivity index (χ1v) is 6.00. The van der Waals surface area contributed by atoms with Crippen LogP contribution in [0.4, 0.5) is 0 Å². The van der Waals surface area contributed by atoms with Gasteiger partial charge in [-0.15, -0.1) is 0 Å². The Morgan fingerprint density at radius 3 is 2.47 bits per heavy atom. The van der Waals surface area contributed by atoms with Crippen LogP contribution in [0.2, 0.25) is 0 Å². The first kappa shape index (κ1) is 14.4. The van der Waals surface area contributed by atoms with E-state index < -0.39 is 0 Å². The van der Waals surface area contributed by atoms with Crippen molar-refractivity contribution in [2.24, 2.45) is 11.7 Å². The van der Waals surface area contributed by atoms with E-state index >= 15 is 0 Å². The molecule has 88 valence electrons. The fraction of sp³-hybridized carbons (Fsp3) is 0.818. The maximum absolute atomic E-state index is 11.6. The number of nitrogens with two attached hydrogens (primary N) is 1. The highest BCUT2D eigenvalue weighted by Crippen LogP contribution is 2.06. The zero-order chi connectivity index (χ0) is 11.8. The number of carbonyl (C=O) groups is 1. The van der Waals surface area contributed by atoms with E-state index in [1.165, 1.54) is 0 Å². The molecule has 15 heavy (non-hydrogen) atoms. The van der Waals surface area contributed by atoms with Crippen LogP contribution in [-0.2, 0) is 4.79 Å². The van der Waals surface area contributed by atoms with Crippen molar-refractivity contribution in [1.29, 1.82) is 0 Å². The van der Waals surface area contributed by atoms with Crippen molar-refractivity contribution in [3.63, 3.8) is 0 Å². The molecule has 0 rings (SSSR count). The second kappa shape index (κ2) is 7.63. The Morgan fingerprint density at radius 1 is 1.47 bits per heavy atom. The van der Waals surface area contributed by atoms with Crippen molar-refractivity contribution in [3.05, 3.63) is 0 Å². The molecule has 3 N–H and O–H groups in total. The van der Waals surface area contributed by atoms with Crippen LogP contribution in [0, 0.1) is 5.92 Å². The molecule has 2 atom stereocenters. The SMILES string of the molecule is CCCC(NC(=O)CC(C)CC)C(N)=S. The molecule has 0 aliphatic heterocycles. The fourth-order valence-corrected chi connectivity index (χ4v) is 1.47. The molecule has 2 unspecified atom stereocenters. The van der Waals surface area contributed by atoms with E-state index in [1.54, 1.807) is 0 Å². The van der Waals surface area contributed by atoms with Gasteiger partial charge in [0.2, 0.25) is 5.91 Å². The molecule has 1 amide bonds. The van der Waals surface area contributed by atoms with Crippen LogP contribution in [-0.4, -0.2) is 16.9 Å². The molecule has 0 bridgehead atoms. The highest BCUT2D eigenvalue weighted by molar-refractivity contribution is 7.80. The monoisotopic (exact) mass is 230 g/mol. The number of rotatable bonds is 7. The predicted molar refractivity (Wildman–Crippen MR) is 67.7 cm³/mol. The van der Waals surface area contributed by atoms with Crippen molar-refractivity contribution < 1.29 is 4.79 Å². The van der Waals surface area contributed by atoms with Crippen LogP contribution in [0.3, 0.4) is 0 Å². The summed E-state index contributed by atoms with van der Waals surface area (Å²) in [5.41, 5.74) is 5.55. The van der Waals surface area contributed by atoms with Gasteiger partial charge in [0, 0.05) is 6.42 Å². The minimum Gasteiger partial charge on any atom is -0.392 e. The van der Waals surface area contributed by atoms with E-state index in [0.29, 0.717) is 17.3 Å². The standard InChI is InChI=1S/C11H22N2OS/c1-4-6-9(11(12)15)13-10(14)7-8(3)5-2/h8-9H,4-7H2,1-3H3,(H2,12,15)(H,13,14). The summed E-state index contributed by atoms with van der Waals surface area (Å²) in [6.45, 7) is 6.19.